The summed E-state index contributed by atoms with van der Waals surface area (Å²) in [5.74, 6) is 0.350. The molecule has 1 N–H and O–H groups in total. The van der Waals surface area contributed by atoms with Gasteiger partial charge in [-0.1, -0.05) is 29.3 Å². The van der Waals surface area contributed by atoms with Crippen LogP contribution in [-0.2, 0) is 15.8 Å². The van der Waals surface area contributed by atoms with E-state index in [0.29, 0.717) is 34.6 Å². The number of nitrogens with one attached hydrogen (secondary N) is 1. The van der Waals surface area contributed by atoms with E-state index in [0.717, 1.165) is 19.4 Å². The minimum atomic E-state index is -3.31. The molecular weight excluding hydrogens is 367 g/mol. The van der Waals surface area contributed by atoms with E-state index in [1.165, 1.54) is 0 Å². The van der Waals surface area contributed by atoms with E-state index in [1.54, 1.807) is 22.5 Å². The van der Waals surface area contributed by atoms with Gasteiger partial charge in [0.1, 0.15) is 0 Å². The standard InChI is InChI=1S/C14H20Cl2N2O2S.ClH/c1-17-8-12-3-2-6-18(9-12)21(19,20)10-11-4-5-13(15)14(16)7-11;/h4-5,7,12,17H,2-3,6,8-10H2,1H3;1H. The molecule has 4 nitrogen and oxygen atoms in total. The van der Waals surface area contributed by atoms with Crippen LogP contribution in [0.2, 0.25) is 10.0 Å². The zero-order valence-corrected chi connectivity index (χ0v) is 15.5. The van der Waals surface area contributed by atoms with Crippen molar-refractivity contribution in [1.82, 2.24) is 9.62 Å². The fourth-order valence-electron chi connectivity index (χ4n) is 2.67. The summed E-state index contributed by atoms with van der Waals surface area (Å²) in [5.41, 5.74) is 0.667. The number of hydrogen-bond acceptors (Lipinski definition) is 3. The Kier molecular flexibility index (Phi) is 7.92. The summed E-state index contributed by atoms with van der Waals surface area (Å²) in [7, 11) is -1.42. The number of hydrogen-bond donors (Lipinski definition) is 1. The predicted octanol–water partition coefficient (Wildman–Crippen LogP) is 3.18. The Labute approximate surface area is 148 Å². The molecule has 0 radical (unpaired) electrons. The molecule has 0 saturated carbocycles. The smallest absolute Gasteiger partial charge is 0.218 e. The third-order valence-corrected chi connectivity index (χ3v) is 6.26. The second-order valence-corrected chi connectivity index (χ2v) is 8.21. The minimum absolute atomic E-state index is 0. The van der Waals surface area contributed by atoms with Crippen LogP contribution in [0.4, 0.5) is 0 Å². The fourth-order valence-corrected chi connectivity index (χ4v) is 4.62. The Morgan fingerprint density at radius 2 is 2.05 bits per heavy atom. The molecule has 0 aromatic heterocycles. The summed E-state index contributed by atoms with van der Waals surface area (Å²) < 4.78 is 26.7. The van der Waals surface area contributed by atoms with Crippen molar-refractivity contribution in [3.63, 3.8) is 0 Å². The Morgan fingerprint density at radius 1 is 1.32 bits per heavy atom. The van der Waals surface area contributed by atoms with Gasteiger partial charge in [0.25, 0.3) is 0 Å². The van der Waals surface area contributed by atoms with E-state index < -0.39 is 10.0 Å². The fraction of sp³-hybridized carbons (Fsp3) is 0.571. The van der Waals surface area contributed by atoms with E-state index in [1.807, 2.05) is 7.05 Å². The molecule has 1 aliphatic rings. The van der Waals surface area contributed by atoms with Crippen LogP contribution >= 0.6 is 35.6 Å². The van der Waals surface area contributed by atoms with Crippen LogP contribution < -0.4 is 5.32 Å². The van der Waals surface area contributed by atoms with E-state index in [-0.39, 0.29) is 18.2 Å². The van der Waals surface area contributed by atoms with Crippen molar-refractivity contribution in [3.8, 4) is 0 Å². The highest BCUT2D eigenvalue weighted by Gasteiger charge is 2.28. The Balaban J connectivity index is 0.00000242. The van der Waals surface area contributed by atoms with Crippen molar-refractivity contribution in [2.45, 2.75) is 18.6 Å². The van der Waals surface area contributed by atoms with E-state index in [2.05, 4.69) is 5.32 Å². The molecule has 1 aromatic rings. The highest BCUT2D eigenvalue weighted by Crippen LogP contribution is 2.25. The first kappa shape index (κ1) is 20.0. The highest BCUT2D eigenvalue weighted by atomic mass is 35.5. The van der Waals surface area contributed by atoms with Gasteiger partial charge in [-0.05, 0) is 50.0 Å². The lowest BCUT2D eigenvalue weighted by Gasteiger charge is -2.31. The maximum absolute atomic E-state index is 12.5. The van der Waals surface area contributed by atoms with Gasteiger partial charge in [-0.3, -0.25) is 0 Å². The Morgan fingerprint density at radius 3 is 2.68 bits per heavy atom. The van der Waals surface area contributed by atoms with Crippen LogP contribution in [0, 0.1) is 5.92 Å². The monoisotopic (exact) mass is 386 g/mol. The lowest BCUT2D eigenvalue weighted by atomic mass is 10.00. The molecule has 1 fully saturated rings. The predicted molar refractivity (Wildman–Crippen MR) is 94.6 cm³/mol. The molecular formula is C14H21Cl3N2O2S. The molecule has 1 saturated heterocycles. The van der Waals surface area contributed by atoms with Gasteiger partial charge >= 0.3 is 0 Å². The number of piperidine rings is 1. The van der Waals surface area contributed by atoms with Crippen LogP contribution in [0.15, 0.2) is 18.2 Å². The van der Waals surface area contributed by atoms with E-state index in [9.17, 15) is 8.42 Å². The summed E-state index contributed by atoms with van der Waals surface area (Å²) in [6.07, 6.45) is 1.98. The van der Waals surface area contributed by atoms with Gasteiger partial charge < -0.3 is 5.32 Å². The number of halogens is 3. The first-order valence-corrected chi connectivity index (χ1v) is 9.35. The van der Waals surface area contributed by atoms with Crippen LogP contribution in [-0.4, -0.2) is 39.4 Å². The van der Waals surface area contributed by atoms with Crippen LogP contribution in [0.25, 0.3) is 0 Å². The molecule has 126 valence electrons. The van der Waals surface area contributed by atoms with Crippen LogP contribution in [0.5, 0.6) is 0 Å². The number of sulfonamides is 1. The van der Waals surface area contributed by atoms with Gasteiger partial charge in [0.15, 0.2) is 0 Å². The van der Waals surface area contributed by atoms with Crippen molar-refractivity contribution in [3.05, 3.63) is 33.8 Å². The lowest BCUT2D eigenvalue weighted by Crippen LogP contribution is -2.42. The second-order valence-electron chi connectivity index (χ2n) is 5.43. The topological polar surface area (TPSA) is 49.4 Å². The molecule has 1 heterocycles. The number of benzene rings is 1. The van der Waals surface area contributed by atoms with Gasteiger partial charge in [-0.15, -0.1) is 12.4 Å². The van der Waals surface area contributed by atoms with Gasteiger partial charge in [0.05, 0.1) is 15.8 Å². The lowest BCUT2D eigenvalue weighted by molar-refractivity contribution is 0.263. The second kappa shape index (κ2) is 8.71. The first-order valence-electron chi connectivity index (χ1n) is 6.98. The molecule has 0 bridgehead atoms. The van der Waals surface area contributed by atoms with E-state index in [4.69, 9.17) is 23.2 Å². The molecule has 1 unspecified atom stereocenters. The van der Waals surface area contributed by atoms with Crippen LogP contribution in [0.1, 0.15) is 18.4 Å². The zero-order valence-electron chi connectivity index (χ0n) is 12.4. The van der Waals surface area contributed by atoms with Crippen molar-refractivity contribution in [1.29, 1.82) is 0 Å². The van der Waals surface area contributed by atoms with Gasteiger partial charge in [-0.25, -0.2) is 12.7 Å². The van der Waals surface area contributed by atoms with Gasteiger partial charge in [0.2, 0.25) is 10.0 Å². The first-order chi connectivity index (χ1) is 9.92. The summed E-state index contributed by atoms with van der Waals surface area (Å²) >= 11 is 11.8. The minimum Gasteiger partial charge on any atom is -0.319 e. The zero-order chi connectivity index (χ0) is 15.5. The third kappa shape index (κ3) is 5.25. The van der Waals surface area contributed by atoms with Crippen molar-refractivity contribution < 1.29 is 8.42 Å². The molecule has 1 atom stereocenters. The van der Waals surface area contributed by atoms with Gasteiger partial charge in [0, 0.05) is 13.1 Å². The van der Waals surface area contributed by atoms with E-state index >= 15 is 0 Å². The van der Waals surface area contributed by atoms with Gasteiger partial charge in [-0.2, -0.15) is 0 Å². The molecule has 0 amide bonds. The third-order valence-electron chi connectivity index (χ3n) is 3.70. The maximum Gasteiger partial charge on any atom is 0.218 e. The van der Waals surface area contributed by atoms with Crippen LogP contribution in [0.3, 0.4) is 0 Å². The molecule has 0 aliphatic carbocycles. The maximum atomic E-state index is 12.5. The summed E-state index contributed by atoms with van der Waals surface area (Å²) in [4.78, 5) is 0. The average molecular weight is 388 g/mol. The highest BCUT2D eigenvalue weighted by molar-refractivity contribution is 7.88. The SMILES string of the molecule is CNCC1CCCN(S(=O)(=O)Cc2ccc(Cl)c(Cl)c2)C1.Cl. The average Bonchev–Trinajstić information content (AvgIpc) is 2.43. The number of rotatable bonds is 5. The van der Waals surface area contributed by atoms with Crippen molar-refractivity contribution in [2.75, 3.05) is 26.7 Å². The molecule has 22 heavy (non-hydrogen) atoms. The van der Waals surface area contributed by atoms with Crippen molar-refractivity contribution in [2.24, 2.45) is 5.92 Å². The molecule has 1 aromatic carbocycles. The molecule has 1 aliphatic heterocycles. The summed E-state index contributed by atoms with van der Waals surface area (Å²) in [5, 5.41) is 3.94. The Bertz CT molecular complexity index is 594. The normalized spacial score (nSPS) is 19.7. The Hall–Kier alpha value is -0.0400. The summed E-state index contributed by atoms with van der Waals surface area (Å²) in [6, 6.07) is 4.96. The summed E-state index contributed by atoms with van der Waals surface area (Å²) in [6.45, 7) is 2.03. The molecule has 8 heteroatoms. The largest absolute Gasteiger partial charge is 0.319 e. The quantitative estimate of drug-likeness (QED) is 0.844. The molecule has 2 rings (SSSR count). The number of nitrogens with zero attached hydrogens (tertiary/aromatic N) is 1. The molecule has 0 spiro atoms. The van der Waals surface area contributed by atoms with Crippen molar-refractivity contribution >= 4 is 45.6 Å².